The van der Waals surface area contributed by atoms with Crippen LogP contribution in [0.2, 0.25) is 0 Å². The third-order valence-corrected chi connectivity index (χ3v) is 4.23. The summed E-state index contributed by atoms with van der Waals surface area (Å²) < 4.78 is 14.2. The predicted octanol–water partition coefficient (Wildman–Crippen LogP) is 4.42. The Morgan fingerprint density at radius 1 is 0.955 bits per heavy atom. The predicted molar refractivity (Wildman–Crippen MR) is 85.1 cm³/mol. The maximum Gasteiger partial charge on any atom is 0.319 e. The van der Waals surface area contributed by atoms with Crippen LogP contribution in [0.1, 0.15) is 31.2 Å². The molecule has 0 heterocycles. The van der Waals surface area contributed by atoms with E-state index in [0.29, 0.717) is 5.56 Å². The number of carbonyl (C=O) groups excluding carboxylic acids is 1. The second-order valence-electron chi connectivity index (χ2n) is 5.71. The molecule has 2 aromatic rings. The smallest absolute Gasteiger partial charge is 0.319 e. The summed E-state index contributed by atoms with van der Waals surface area (Å²) in [6.07, 6.45) is 3.49. The molecule has 22 heavy (non-hydrogen) atoms. The van der Waals surface area contributed by atoms with E-state index in [1.54, 1.807) is 12.1 Å². The lowest BCUT2D eigenvalue weighted by atomic mass is 9.88. The Morgan fingerprint density at radius 3 is 2.27 bits per heavy atom. The fraction of sp³-hybridized carbons (Fsp3) is 0.278. The largest absolute Gasteiger partial charge is 0.328 e. The molecule has 0 bridgehead atoms. The van der Waals surface area contributed by atoms with Crippen molar-refractivity contribution in [3.8, 4) is 0 Å². The Kier molecular flexibility index (Phi) is 4.09. The van der Waals surface area contributed by atoms with E-state index in [-0.39, 0.29) is 11.8 Å². The molecular weight excluding hydrogens is 279 g/mol. The van der Waals surface area contributed by atoms with Gasteiger partial charge in [-0.3, -0.25) is 0 Å². The summed E-state index contributed by atoms with van der Waals surface area (Å²) in [4.78, 5) is 12.3. The van der Waals surface area contributed by atoms with E-state index in [1.165, 1.54) is 6.07 Å². The van der Waals surface area contributed by atoms with Crippen LogP contribution in [0, 0.1) is 5.82 Å². The summed E-state index contributed by atoms with van der Waals surface area (Å²) in [7, 11) is 0. The number of carbonyl (C=O) groups is 1. The first-order valence-electron chi connectivity index (χ1n) is 7.59. The van der Waals surface area contributed by atoms with Crippen LogP contribution in [-0.4, -0.2) is 6.03 Å². The van der Waals surface area contributed by atoms with Gasteiger partial charge in [0, 0.05) is 11.3 Å². The fourth-order valence-corrected chi connectivity index (χ4v) is 3.19. The molecule has 0 radical (unpaired) electrons. The number of benzene rings is 2. The van der Waals surface area contributed by atoms with Crippen molar-refractivity contribution in [3.05, 3.63) is 66.0 Å². The number of nitrogens with one attached hydrogen (secondary N) is 2. The van der Waals surface area contributed by atoms with Gasteiger partial charge in [-0.2, -0.15) is 0 Å². The molecule has 1 aliphatic rings. The maximum atomic E-state index is 14.2. The van der Waals surface area contributed by atoms with E-state index < -0.39 is 5.54 Å². The van der Waals surface area contributed by atoms with Crippen LogP contribution < -0.4 is 10.6 Å². The zero-order chi connectivity index (χ0) is 15.4. The van der Waals surface area contributed by atoms with Gasteiger partial charge in [-0.05, 0) is 31.0 Å². The molecule has 0 unspecified atom stereocenters. The van der Waals surface area contributed by atoms with Crippen LogP contribution in [-0.2, 0) is 5.54 Å². The van der Waals surface area contributed by atoms with Crippen LogP contribution in [0.4, 0.5) is 14.9 Å². The summed E-state index contributed by atoms with van der Waals surface area (Å²) in [6.45, 7) is 0. The molecule has 3 rings (SSSR count). The van der Waals surface area contributed by atoms with E-state index in [2.05, 4.69) is 10.6 Å². The van der Waals surface area contributed by atoms with Crippen LogP contribution in [0.5, 0.6) is 0 Å². The highest BCUT2D eigenvalue weighted by atomic mass is 19.1. The van der Waals surface area contributed by atoms with Crippen molar-refractivity contribution in [2.75, 3.05) is 5.32 Å². The summed E-state index contributed by atoms with van der Waals surface area (Å²) in [5.41, 5.74) is 0.696. The molecule has 3 nitrogen and oxygen atoms in total. The van der Waals surface area contributed by atoms with Crippen molar-refractivity contribution in [1.82, 2.24) is 5.32 Å². The van der Waals surface area contributed by atoms with Crippen LogP contribution in [0.3, 0.4) is 0 Å². The molecule has 1 fully saturated rings. The lowest BCUT2D eigenvalue weighted by Gasteiger charge is -2.31. The lowest BCUT2D eigenvalue weighted by Crippen LogP contribution is -2.46. The van der Waals surface area contributed by atoms with E-state index in [0.717, 1.165) is 31.4 Å². The zero-order valence-electron chi connectivity index (χ0n) is 12.3. The van der Waals surface area contributed by atoms with E-state index in [1.807, 2.05) is 36.4 Å². The minimum atomic E-state index is -0.607. The Balaban J connectivity index is 1.80. The molecule has 0 saturated heterocycles. The molecule has 0 spiro atoms. The number of amides is 2. The molecule has 2 aromatic carbocycles. The highest BCUT2D eigenvalue weighted by molar-refractivity contribution is 5.89. The monoisotopic (exact) mass is 298 g/mol. The topological polar surface area (TPSA) is 41.1 Å². The van der Waals surface area contributed by atoms with Gasteiger partial charge >= 0.3 is 6.03 Å². The van der Waals surface area contributed by atoms with E-state index in [4.69, 9.17) is 0 Å². The molecule has 2 amide bonds. The molecule has 0 atom stereocenters. The van der Waals surface area contributed by atoms with Crippen molar-refractivity contribution < 1.29 is 9.18 Å². The van der Waals surface area contributed by atoms with Gasteiger partial charge in [0.15, 0.2) is 0 Å². The van der Waals surface area contributed by atoms with Gasteiger partial charge in [-0.25, -0.2) is 9.18 Å². The number of para-hydroxylation sites is 1. The minimum absolute atomic E-state index is 0.260. The Morgan fingerprint density at radius 2 is 1.59 bits per heavy atom. The Hall–Kier alpha value is -2.36. The summed E-state index contributed by atoms with van der Waals surface area (Å²) >= 11 is 0. The standard InChI is InChI=1S/C18H19FN2O/c19-16-11-5-4-10-15(16)18(12-6-7-13-18)21-17(22)20-14-8-2-1-3-9-14/h1-5,8-11H,6-7,12-13H2,(H2,20,21,22). The van der Waals surface area contributed by atoms with Crippen LogP contribution in [0.25, 0.3) is 0 Å². The molecule has 1 aliphatic carbocycles. The molecule has 4 heteroatoms. The highest BCUT2D eigenvalue weighted by Crippen LogP contribution is 2.39. The first kappa shape index (κ1) is 14.6. The number of rotatable bonds is 3. The molecule has 2 N–H and O–H groups in total. The number of anilines is 1. The van der Waals surface area contributed by atoms with Gasteiger partial charge in [-0.15, -0.1) is 0 Å². The van der Waals surface area contributed by atoms with Gasteiger partial charge < -0.3 is 10.6 Å². The molecule has 114 valence electrons. The molecular formula is C18H19FN2O. The van der Waals surface area contributed by atoms with Gasteiger partial charge in [-0.1, -0.05) is 49.2 Å². The van der Waals surface area contributed by atoms with Crippen molar-refractivity contribution in [3.63, 3.8) is 0 Å². The van der Waals surface area contributed by atoms with Crippen LogP contribution >= 0.6 is 0 Å². The van der Waals surface area contributed by atoms with Crippen molar-refractivity contribution in [1.29, 1.82) is 0 Å². The zero-order valence-corrected chi connectivity index (χ0v) is 12.3. The number of hydrogen-bond acceptors (Lipinski definition) is 1. The molecule has 0 aliphatic heterocycles. The molecule has 0 aromatic heterocycles. The van der Waals surface area contributed by atoms with E-state index >= 15 is 0 Å². The maximum absolute atomic E-state index is 14.2. The van der Waals surface area contributed by atoms with Gasteiger partial charge in [0.1, 0.15) is 5.82 Å². The summed E-state index contributed by atoms with van der Waals surface area (Å²) in [5, 5.41) is 5.82. The van der Waals surface area contributed by atoms with Gasteiger partial charge in [0.25, 0.3) is 0 Å². The van der Waals surface area contributed by atoms with E-state index in [9.17, 15) is 9.18 Å². The summed E-state index contributed by atoms with van der Waals surface area (Å²) in [6, 6.07) is 15.7. The Labute approximate surface area is 129 Å². The Bertz CT molecular complexity index is 651. The van der Waals surface area contributed by atoms with Gasteiger partial charge in [0.05, 0.1) is 5.54 Å². The SMILES string of the molecule is O=C(Nc1ccccc1)NC1(c2ccccc2F)CCCC1. The molecule has 1 saturated carbocycles. The second-order valence-corrected chi connectivity index (χ2v) is 5.71. The first-order valence-corrected chi connectivity index (χ1v) is 7.59. The normalized spacial score (nSPS) is 16.2. The number of hydrogen-bond donors (Lipinski definition) is 2. The lowest BCUT2D eigenvalue weighted by molar-refractivity contribution is 0.235. The third-order valence-electron chi connectivity index (χ3n) is 4.23. The van der Waals surface area contributed by atoms with Crippen molar-refractivity contribution in [2.24, 2.45) is 0 Å². The number of urea groups is 1. The number of halogens is 1. The first-order chi connectivity index (χ1) is 10.7. The van der Waals surface area contributed by atoms with Crippen molar-refractivity contribution >= 4 is 11.7 Å². The third kappa shape index (κ3) is 2.96. The van der Waals surface area contributed by atoms with Crippen LogP contribution in [0.15, 0.2) is 54.6 Å². The highest BCUT2D eigenvalue weighted by Gasteiger charge is 2.38. The fourth-order valence-electron chi connectivity index (χ4n) is 3.19. The minimum Gasteiger partial charge on any atom is -0.328 e. The average molecular weight is 298 g/mol. The van der Waals surface area contributed by atoms with Crippen molar-refractivity contribution in [2.45, 2.75) is 31.2 Å². The quantitative estimate of drug-likeness (QED) is 0.865. The van der Waals surface area contributed by atoms with Gasteiger partial charge in [0.2, 0.25) is 0 Å². The summed E-state index contributed by atoms with van der Waals surface area (Å²) in [5.74, 6) is -0.260. The average Bonchev–Trinajstić information content (AvgIpc) is 2.98. The second kappa shape index (κ2) is 6.18.